The van der Waals surface area contributed by atoms with Gasteiger partial charge in [0.2, 0.25) is 29.4 Å². The van der Waals surface area contributed by atoms with Crippen molar-refractivity contribution in [3.05, 3.63) is 12.3 Å². The van der Waals surface area contributed by atoms with Gasteiger partial charge in [-0.3, -0.25) is 28.8 Å². The number of ketones is 1. The van der Waals surface area contributed by atoms with Crippen molar-refractivity contribution < 1.29 is 28.8 Å². The van der Waals surface area contributed by atoms with Gasteiger partial charge < -0.3 is 31.5 Å². The summed E-state index contributed by atoms with van der Waals surface area (Å²) in [6, 6.07) is -1.43. The first-order valence-electron chi connectivity index (χ1n) is 16.1. The molecule has 5 amide bonds. The number of nitrogens with zero attached hydrogens (tertiary/aromatic N) is 1. The molecule has 0 heterocycles. The lowest BCUT2D eigenvalue weighted by molar-refractivity contribution is -0.140. The van der Waals surface area contributed by atoms with Crippen molar-refractivity contribution in [3.63, 3.8) is 0 Å². The maximum atomic E-state index is 12.4. The molecule has 12 nitrogen and oxygen atoms in total. The number of rotatable bonds is 13. The van der Waals surface area contributed by atoms with Crippen molar-refractivity contribution in [2.45, 2.75) is 125 Å². The molecule has 0 bridgehead atoms. The van der Waals surface area contributed by atoms with Gasteiger partial charge in [0.15, 0.2) is 0 Å². The SMILES string of the molecule is C=C(NCC(=O)NC(C)C(=O)C(=O)NC1CCCCC1)C(NC(=O)CNC(=O)CC(C)(C)C)C(C)C.CC(=O)N(C)C.CCC. The standard InChI is InChI=1S/C26H45N5O5.C4H9NO.C3H8/c1-16(2)23(31-22(34)15-28-20(32)13-26(5,6)7)17(3)27-14-21(33)29-18(4)24(35)25(36)30-19-11-9-8-10-12-19;1-4(6)5(2)3;1-3-2/h16,18-19,23,27H,3,8-15H2,1-2,4-7H3,(H,28,32)(H,29,33)(H,30,36)(H,31,34);1-3H3;3H2,1-2H3. The van der Waals surface area contributed by atoms with Gasteiger partial charge in [-0.15, -0.1) is 0 Å². The summed E-state index contributed by atoms with van der Waals surface area (Å²) < 4.78 is 0. The molecule has 0 radical (unpaired) electrons. The van der Waals surface area contributed by atoms with Crippen LogP contribution < -0.4 is 26.6 Å². The first kappa shape index (κ1) is 43.7. The summed E-state index contributed by atoms with van der Waals surface area (Å²) in [6.07, 6.45) is 6.49. The van der Waals surface area contributed by atoms with Crippen LogP contribution in [0, 0.1) is 11.3 Å². The Labute approximate surface area is 271 Å². The van der Waals surface area contributed by atoms with Crippen molar-refractivity contribution in [3.8, 4) is 0 Å². The maximum Gasteiger partial charge on any atom is 0.289 e. The molecule has 1 saturated carbocycles. The molecular formula is C33H62N6O6. The van der Waals surface area contributed by atoms with E-state index in [-0.39, 0.29) is 48.2 Å². The lowest BCUT2D eigenvalue weighted by atomic mass is 9.92. The van der Waals surface area contributed by atoms with Gasteiger partial charge in [0.1, 0.15) is 0 Å². The fraction of sp³-hybridized carbons (Fsp3) is 0.758. The van der Waals surface area contributed by atoms with Gasteiger partial charge >= 0.3 is 0 Å². The zero-order chi connectivity index (χ0) is 35.3. The normalized spacial score (nSPS) is 14.1. The Morgan fingerprint density at radius 3 is 1.73 bits per heavy atom. The molecule has 260 valence electrons. The van der Waals surface area contributed by atoms with Gasteiger partial charge in [-0.1, -0.05) is 80.7 Å². The molecule has 1 aliphatic carbocycles. The molecule has 0 aromatic heterocycles. The number of hydrogen-bond donors (Lipinski definition) is 5. The van der Waals surface area contributed by atoms with E-state index < -0.39 is 29.7 Å². The minimum atomic E-state index is -0.964. The zero-order valence-corrected chi connectivity index (χ0v) is 29.8. The maximum absolute atomic E-state index is 12.4. The van der Waals surface area contributed by atoms with Crippen molar-refractivity contribution >= 4 is 35.3 Å². The molecule has 1 fully saturated rings. The van der Waals surface area contributed by atoms with Crippen LogP contribution in [-0.2, 0) is 28.8 Å². The van der Waals surface area contributed by atoms with Crippen LogP contribution in [0.25, 0.3) is 0 Å². The molecule has 1 rings (SSSR count). The average Bonchev–Trinajstić information content (AvgIpc) is 2.93. The van der Waals surface area contributed by atoms with Crippen LogP contribution in [0.15, 0.2) is 12.3 Å². The van der Waals surface area contributed by atoms with E-state index in [1.807, 2.05) is 34.6 Å². The van der Waals surface area contributed by atoms with Crippen LogP contribution in [0.4, 0.5) is 0 Å². The summed E-state index contributed by atoms with van der Waals surface area (Å²) in [6.45, 7) is 20.4. The van der Waals surface area contributed by atoms with E-state index in [1.165, 1.54) is 25.2 Å². The van der Waals surface area contributed by atoms with E-state index in [0.717, 1.165) is 32.1 Å². The fourth-order valence-corrected chi connectivity index (χ4v) is 3.97. The molecule has 0 aliphatic heterocycles. The minimum Gasteiger partial charge on any atom is -0.378 e. The zero-order valence-electron chi connectivity index (χ0n) is 29.8. The highest BCUT2D eigenvalue weighted by molar-refractivity contribution is 6.38. The van der Waals surface area contributed by atoms with Crippen LogP contribution in [0.1, 0.15) is 107 Å². The Morgan fingerprint density at radius 1 is 0.822 bits per heavy atom. The molecule has 0 saturated heterocycles. The molecule has 2 unspecified atom stereocenters. The van der Waals surface area contributed by atoms with Gasteiger partial charge in [0.25, 0.3) is 5.91 Å². The van der Waals surface area contributed by atoms with E-state index in [0.29, 0.717) is 12.1 Å². The first-order chi connectivity index (χ1) is 20.7. The average molecular weight is 639 g/mol. The van der Waals surface area contributed by atoms with Crippen LogP contribution in [-0.4, -0.2) is 85.5 Å². The number of carbonyl (C=O) groups is 6. The predicted octanol–water partition coefficient (Wildman–Crippen LogP) is 2.82. The smallest absolute Gasteiger partial charge is 0.289 e. The highest BCUT2D eigenvalue weighted by atomic mass is 16.2. The highest BCUT2D eigenvalue weighted by Crippen LogP contribution is 2.18. The molecule has 0 spiro atoms. The Kier molecular flexibility index (Phi) is 22.3. The summed E-state index contributed by atoms with van der Waals surface area (Å²) in [5, 5.41) is 13.6. The molecule has 45 heavy (non-hydrogen) atoms. The van der Waals surface area contributed by atoms with Gasteiger partial charge in [-0.2, -0.15) is 0 Å². The van der Waals surface area contributed by atoms with Gasteiger partial charge in [0, 0.05) is 39.2 Å². The van der Waals surface area contributed by atoms with E-state index in [2.05, 4.69) is 47.0 Å². The summed E-state index contributed by atoms with van der Waals surface area (Å²) >= 11 is 0. The number of amides is 5. The second-order valence-electron chi connectivity index (χ2n) is 13.3. The second-order valence-corrected chi connectivity index (χ2v) is 13.3. The Bertz CT molecular complexity index is 967. The summed E-state index contributed by atoms with van der Waals surface area (Å²) in [4.78, 5) is 72.8. The van der Waals surface area contributed by atoms with Crippen molar-refractivity contribution in [1.82, 2.24) is 31.5 Å². The van der Waals surface area contributed by atoms with Crippen LogP contribution in [0.5, 0.6) is 0 Å². The van der Waals surface area contributed by atoms with Crippen LogP contribution >= 0.6 is 0 Å². The molecule has 1 aliphatic rings. The third kappa shape index (κ3) is 22.7. The highest BCUT2D eigenvalue weighted by Gasteiger charge is 2.26. The topological polar surface area (TPSA) is 166 Å². The van der Waals surface area contributed by atoms with Gasteiger partial charge in [-0.05, 0) is 31.1 Å². The van der Waals surface area contributed by atoms with E-state index >= 15 is 0 Å². The quantitative estimate of drug-likeness (QED) is 0.194. The third-order valence-electron chi connectivity index (χ3n) is 6.54. The molecule has 12 heteroatoms. The predicted molar refractivity (Wildman–Crippen MR) is 179 cm³/mol. The lowest BCUT2D eigenvalue weighted by Gasteiger charge is -2.26. The monoisotopic (exact) mass is 638 g/mol. The van der Waals surface area contributed by atoms with Crippen LogP contribution in [0.2, 0.25) is 0 Å². The Balaban J connectivity index is 0. The Hall–Kier alpha value is -3.44. The molecule has 0 aromatic carbocycles. The first-order valence-corrected chi connectivity index (χ1v) is 16.1. The second kappa shape index (κ2) is 23.0. The summed E-state index contributed by atoms with van der Waals surface area (Å²) in [7, 11) is 3.45. The van der Waals surface area contributed by atoms with Gasteiger partial charge in [-0.25, -0.2) is 0 Å². The van der Waals surface area contributed by atoms with E-state index in [1.54, 1.807) is 14.1 Å². The molecule has 5 N–H and O–H groups in total. The Morgan fingerprint density at radius 2 is 1.29 bits per heavy atom. The van der Waals surface area contributed by atoms with Crippen molar-refractivity contribution in [1.29, 1.82) is 0 Å². The number of carbonyl (C=O) groups excluding carboxylic acids is 6. The molecule has 2 atom stereocenters. The van der Waals surface area contributed by atoms with Gasteiger partial charge in [0.05, 0.1) is 25.2 Å². The minimum absolute atomic E-state index is 0.0121. The summed E-state index contributed by atoms with van der Waals surface area (Å²) in [5.74, 6) is -2.36. The van der Waals surface area contributed by atoms with Crippen molar-refractivity contribution in [2.24, 2.45) is 11.3 Å². The largest absolute Gasteiger partial charge is 0.378 e. The van der Waals surface area contributed by atoms with Crippen LogP contribution in [0.3, 0.4) is 0 Å². The summed E-state index contributed by atoms with van der Waals surface area (Å²) in [5.41, 5.74) is 0.240. The molecular weight excluding hydrogens is 576 g/mol. The number of Topliss-reactive ketones (excluding diaryl/α,β-unsaturated/α-hetero) is 1. The van der Waals surface area contributed by atoms with Crippen molar-refractivity contribution in [2.75, 3.05) is 27.2 Å². The van der Waals surface area contributed by atoms with E-state index in [9.17, 15) is 28.8 Å². The third-order valence-corrected chi connectivity index (χ3v) is 6.54. The molecule has 0 aromatic rings. The van der Waals surface area contributed by atoms with E-state index in [4.69, 9.17) is 0 Å². The number of nitrogens with one attached hydrogen (secondary N) is 5. The fourth-order valence-electron chi connectivity index (χ4n) is 3.97. The number of hydrogen-bond acceptors (Lipinski definition) is 7. The lowest BCUT2D eigenvalue weighted by Crippen LogP contribution is -2.51.